The fourth-order valence-corrected chi connectivity index (χ4v) is 3.35. The number of ether oxygens (including phenoxy) is 2. The maximum atomic E-state index is 13.1. The highest BCUT2D eigenvalue weighted by molar-refractivity contribution is 7.21. The molecule has 1 atom stereocenters. The molecule has 20 heavy (non-hydrogen) atoms. The standard InChI is InChI=1S/C13H8ClFO4S/c14-10-7-2-1-6(15)5-9(7)20-11(10)13(17)19-8-3-4-18-12(8)16/h1-2,5,8H,3-4H2/t8-/m1/s1. The summed E-state index contributed by atoms with van der Waals surface area (Å²) in [5, 5.41) is 0.792. The van der Waals surface area contributed by atoms with Crippen LogP contribution in [0.25, 0.3) is 10.1 Å². The summed E-state index contributed by atoms with van der Waals surface area (Å²) in [6.07, 6.45) is -0.553. The Morgan fingerprint density at radius 1 is 1.50 bits per heavy atom. The first kappa shape index (κ1) is 13.3. The molecule has 1 aromatic heterocycles. The van der Waals surface area contributed by atoms with Crippen LogP contribution < -0.4 is 0 Å². The predicted octanol–water partition coefficient (Wildman–Crippen LogP) is 3.17. The molecule has 1 fully saturated rings. The van der Waals surface area contributed by atoms with Crippen molar-refractivity contribution in [1.82, 2.24) is 0 Å². The van der Waals surface area contributed by atoms with Gasteiger partial charge in [-0.25, -0.2) is 14.0 Å². The Morgan fingerprint density at radius 2 is 2.30 bits per heavy atom. The third-order valence-electron chi connectivity index (χ3n) is 2.91. The van der Waals surface area contributed by atoms with E-state index in [1.165, 1.54) is 18.2 Å². The molecule has 7 heteroatoms. The van der Waals surface area contributed by atoms with E-state index in [1.807, 2.05) is 0 Å². The second kappa shape index (κ2) is 5.03. The average Bonchev–Trinajstić information content (AvgIpc) is 2.94. The highest BCUT2D eigenvalue weighted by atomic mass is 35.5. The fourth-order valence-electron chi connectivity index (χ4n) is 1.94. The van der Waals surface area contributed by atoms with E-state index < -0.39 is 23.9 Å². The number of fused-ring (bicyclic) bond motifs is 1. The molecule has 0 aliphatic carbocycles. The Hall–Kier alpha value is -1.66. The number of halogens is 2. The summed E-state index contributed by atoms with van der Waals surface area (Å²) in [7, 11) is 0. The summed E-state index contributed by atoms with van der Waals surface area (Å²) in [5.41, 5.74) is 0. The van der Waals surface area contributed by atoms with Crippen LogP contribution in [0.15, 0.2) is 18.2 Å². The van der Waals surface area contributed by atoms with Gasteiger partial charge in [-0.05, 0) is 18.2 Å². The van der Waals surface area contributed by atoms with Gasteiger partial charge in [0.2, 0.25) is 6.10 Å². The van der Waals surface area contributed by atoms with Crippen molar-refractivity contribution in [2.24, 2.45) is 0 Å². The topological polar surface area (TPSA) is 52.6 Å². The van der Waals surface area contributed by atoms with Gasteiger partial charge in [-0.1, -0.05) is 11.6 Å². The van der Waals surface area contributed by atoms with Crippen LogP contribution in [-0.4, -0.2) is 24.6 Å². The van der Waals surface area contributed by atoms with Crippen molar-refractivity contribution in [3.05, 3.63) is 33.9 Å². The van der Waals surface area contributed by atoms with Gasteiger partial charge >= 0.3 is 11.9 Å². The zero-order valence-electron chi connectivity index (χ0n) is 10.0. The smallest absolute Gasteiger partial charge is 0.350 e. The molecule has 3 rings (SSSR count). The Bertz CT molecular complexity index is 712. The van der Waals surface area contributed by atoms with E-state index in [2.05, 4.69) is 0 Å². The summed E-state index contributed by atoms with van der Waals surface area (Å²) < 4.78 is 23.5. The second-order valence-corrected chi connectivity index (χ2v) is 5.67. The molecule has 0 bridgehead atoms. The van der Waals surface area contributed by atoms with Crippen molar-refractivity contribution in [2.75, 3.05) is 6.61 Å². The zero-order chi connectivity index (χ0) is 14.3. The highest BCUT2D eigenvalue weighted by Crippen LogP contribution is 2.36. The number of thiophene rings is 1. The molecule has 0 radical (unpaired) electrons. The lowest BCUT2D eigenvalue weighted by atomic mass is 10.2. The first-order valence-electron chi connectivity index (χ1n) is 5.81. The van der Waals surface area contributed by atoms with Crippen LogP contribution in [0.3, 0.4) is 0 Å². The second-order valence-electron chi connectivity index (χ2n) is 4.24. The molecule has 104 valence electrons. The summed E-state index contributed by atoms with van der Waals surface area (Å²) >= 11 is 7.13. The van der Waals surface area contributed by atoms with Crippen LogP contribution in [0.5, 0.6) is 0 Å². The van der Waals surface area contributed by atoms with Gasteiger partial charge in [-0.3, -0.25) is 0 Å². The average molecular weight is 315 g/mol. The van der Waals surface area contributed by atoms with Crippen LogP contribution in [0, 0.1) is 5.82 Å². The molecule has 4 nitrogen and oxygen atoms in total. The third-order valence-corrected chi connectivity index (χ3v) is 4.55. The van der Waals surface area contributed by atoms with E-state index in [0.717, 1.165) is 11.3 Å². The van der Waals surface area contributed by atoms with Crippen molar-refractivity contribution < 1.29 is 23.5 Å². The van der Waals surface area contributed by atoms with Gasteiger partial charge in [0.1, 0.15) is 10.7 Å². The van der Waals surface area contributed by atoms with Crippen LogP contribution >= 0.6 is 22.9 Å². The summed E-state index contributed by atoms with van der Waals surface area (Å²) in [5.74, 6) is -1.66. The molecule has 2 heterocycles. The maximum Gasteiger partial charge on any atom is 0.350 e. The number of carbonyl (C=O) groups excluding carboxylic acids is 2. The maximum absolute atomic E-state index is 13.1. The van der Waals surface area contributed by atoms with Gasteiger partial charge in [-0.2, -0.15) is 0 Å². The molecule has 1 aliphatic rings. The number of esters is 2. The van der Waals surface area contributed by atoms with E-state index in [9.17, 15) is 14.0 Å². The van der Waals surface area contributed by atoms with Crippen molar-refractivity contribution in [3.63, 3.8) is 0 Å². The number of cyclic esters (lactones) is 1. The molecule has 1 aromatic carbocycles. The van der Waals surface area contributed by atoms with Gasteiger partial charge < -0.3 is 9.47 Å². The number of hydrogen-bond donors (Lipinski definition) is 0. The van der Waals surface area contributed by atoms with Gasteiger partial charge in [0.05, 0.1) is 11.6 Å². The lowest BCUT2D eigenvalue weighted by Crippen LogP contribution is -2.22. The molecule has 0 saturated carbocycles. The Labute approximate surface area is 122 Å². The van der Waals surface area contributed by atoms with Crippen LogP contribution in [-0.2, 0) is 14.3 Å². The van der Waals surface area contributed by atoms with Gasteiger partial charge in [0.25, 0.3) is 0 Å². The molecule has 2 aromatic rings. The van der Waals surface area contributed by atoms with Crippen LogP contribution in [0.1, 0.15) is 16.1 Å². The van der Waals surface area contributed by atoms with Crippen molar-refractivity contribution in [1.29, 1.82) is 0 Å². The quantitative estimate of drug-likeness (QED) is 0.799. The van der Waals surface area contributed by atoms with E-state index >= 15 is 0 Å². The molecular weight excluding hydrogens is 307 g/mol. The van der Waals surface area contributed by atoms with E-state index in [1.54, 1.807) is 0 Å². The Kier molecular flexibility index (Phi) is 3.35. The van der Waals surface area contributed by atoms with E-state index in [-0.39, 0.29) is 16.5 Å². The van der Waals surface area contributed by atoms with E-state index in [0.29, 0.717) is 16.5 Å². The normalized spacial score (nSPS) is 18.3. The number of carbonyl (C=O) groups is 2. The largest absolute Gasteiger partial charge is 0.463 e. The number of hydrogen-bond acceptors (Lipinski definition) is 5. The fraction of sp³-hybridized carbons (Fsp3) is 0.231. The molecule has 1 aliphatic heterocycles. The SMILES string of the molecule is O=C(O[C@@H]1CCOC1=O)c1sc2cc(F)ccc2c1Cl. The van der Waals surface area contributed by atoms with Crippen molar-refractivity contribution >= 4 is 45.0 Å². The minimum atomic E-state index is -0.888. The van der Waals surface area contributed by atoms with Gasteiger partial charge in [0.15, 0.2) is 0 Å². The molecular formula is C13H8ClFO4S. The predicted molar refractivity (Wildman–Crippen MR) is 71.6 cm³/mol. The first-order chi connectivity index (χ1) is 9.56. The monoisotopic (exact) mass is 314 g/mol. The minimum absolute atomic E-state index is 0.159. The van der Waals surface area contributed by atoms with Gasteiger partial charge in [0, 0.05) is 16.5 Å². The first-order valence-corrected chi connectivity index (χ1v) is 7.01. The lowest BCUT2D eigenvalue weighted by Gasteiger charge is -2.06. The minimum Gasteiger partial charge on any atom is -0.463 e. The molecule has 1 saturated heterocycles. The molecule has 0 spiro atoms. The highest BCUT2D eigenvalue weighted by Gasteiger charge is 2.32. The summed E-state index contributed by atoms with van der Waals surface area (Å²) in [6, 6.07) is 4.07. The molecule has 0 N–H and O–H groups in total. The Balaban J connectivity index is 1.91. The van der Waals surface area contributed by atoms with Crippen molar-refractivity contribution in [3.8, 4) is 0 Å². The summed E-state index contributed by atoms with van der Waals surface area (Å²) in [4.78, 5) is 23.4. The Morgan fingerprint density at radius 3 is 3.00 bits per heavy atom. The summed E-state index contributed by atoms with van der Waals surface area (Å²) in [6.45, 7) is 0.238. The van der Waals surface area contributed by atoms with Crippen LogP contribution in [0.4, 0.5) is 4.39 Å². The zero-order valence-corrected chi connectivity index (χ0v) is 11.6. The van der Waals surface area contributed by atoms with Crippen molar-refractivity contribution in [2.45, 2.75) is 12.5 Å². The number of benzene rings is 1. The molecule has 0 amide bonds. The lowest BCUT2D eigenvalue weighted by molar-refractivity contribution is -0.145. The third kappa shape index (κ3) is 2.25. The van der Waals surface area contributed by atoms with Crippen LogP contribution in [0.2, 0.25) is 5.02 Å². The van der Waals surface area contributed by atoms with Gasteiger partial charge in [-0.15, -0.1) is 11.3 Å². The molecule has 0 unspecified atom stereocenters. The number of rotatable bonds is 2. The van der Waals surface area contributed by atoms with E-state index in [4.69, 9.17) is 21.1 Å².